The Labute approximate surface area is 161 Å². The number of carbonyl (C=O) groups excluding carboxylic acids is 2. The van der Waals surface area contributed by atoms with Crippen molar-refractivity contribution in [2.24, 2.45) is 0 Å². The Morgan fingerprint density at radius 3 is 2.50 bits per heavy atom. The summed E-state index contributed by atoms with van der Waals surface area (Å²) in [7, 11) is 0. The van der Waals surface area contributed by atoms with E-state index >= 15 is 0 Å². The summed E-state index contributed by atoms with van der Waals surface area (Å²) in [6.07, 6.45) is 0.445. The number of esters is 1. The molecule has 1 aliphatic heterocycles. The van der Waals surface area contributed by atoms with Gasteiger partial charge in [-0.2, -0.15) is 0 Å². The maximum Gasteiger partial charge on any atom is 0.410 e. The van der Waals surface area contributed by atoms with Crippen molar-refractivity contribution >= 4 is 17.7 Å². The Hall–Kier alpha value is -3.42. The molecule has 28 heavy (non-hydrogen) atoms. The smallest absolute Gasteiger partial charge is 0.410 e. The van der Waals surface area contributed by atoms with Gasteiger partial charge in [0.2, 0.25) is 0 Å². The third kappa shape index (κ3) is 5.06. The van der Waals surface area contributed by atoms with Crippen LogP contribution in [0.15, 0.2) is 54.6 Å². The number of nitro groups is 1. The van der Waals surface area contributed by atoms with Crippen LogP contribution in [0.4, 0.5) is 10.5 Å². The van der Waals surface area contributed by atoms with E-state index in [1.165, 1.54) is 29.2 Å². The quantitative estimate of drug-likeness (QED) is 0.444. The molecule has 1 amide bonds. The molecular formula is C20H20N2O6. The summed E-state index contributed by atoms with van der Waals surface area (Å²) in [5.41, 5.74) is 1.03. The maximum absolute atomic E-state index is 12.3. The third-order valence-electron chi connectivity index (χ3n) is 4.43. The topological polar surface area (TPSA) is 99.0 Å². The van der Waals surface area contributed by atoms with Crippen molar-refractivity contribution in [2.75, 3.05) is 13.1 Å². The van der Waals surface area contributed by atoms with Crippen molar-refractivity contribution in [1.29, 1.82) is 0 Å². The number of nitrogens with zero attached hydrogens (tertiary/aromatic N) is 2. The van der Waals surface area contributed by atoms with Gasteiger partial charge in [0.25, 0.3) is 5.69 Å². The zero-order valence-electron chi connectivity index (χ0n) is 15.2. The Bertz CT molecular complexity index is 838. The zero-order valence-corrected chi connectivity index (χ0v) is 15.2. The van der Waals surface area contributed by atoms with Gasteiger partial charge in [0, 0.05) is 18.7 Å². The predicted molar refractivity (Wildman–Crippen MR) is 99.7 cm³/mol. The molecule has 1 fully saturated rings. The number of ether oxygens (including phenoxy) is 2. The van der Waals surface area contributed by atoms with Crippen LogP contribution in [0, 0.1) is 10.1 Å². The number of hydrogen-bond acceptors (Lipinski definition) is 6. The average molecular weight is 384 g/mol. The Morgan fingerprint density at radius 2 is 1.82 bits per heavy atom. The van der Waals surface area contributed by atoms with Crippen LogP contribution in [0.5, 0.6) is 0 Å². The standard InChI is InChI=1S/C20H20N2O6/c23-19(16-8-10-17(11-9-16)22(25)26)28-18-7-4-12-21(13-18)20(24)27-14-15-5-2-1-3-6-15/h1-3,5-6,8-11,18H,4,7,12-14H2. The fourth-order valence-corrected chi connectivity index (χ4v) is 2.95. The largest absolute Gasteiger partial charge is 0.457 e. The molecule has 2 aromatic rings. The number of likely N-dealkylation sites (tertiary alicyclic amines) is 1. The minimum absolute atomic E-state index is 0.0958. The van der Waals surface area contributed by atoms with Gasteiger partial charge in [-0.3, -0.25) is 10.1 Å². The highest BCUT2D eigenvalue weighted by Crippen LogP contribution is 2.18. The van der Waals surface area contributed by atoms with Gasteiger partial charge in [-0.05, 0) is 30.5 Å². The van der Waals surface area contributed by atoms with E-state index in [9.17, 15) is 19.7 Å². The second-order valence-corrected chi connectivity index (χ2v) is 6.46. The van der Waals surface area contributed by atoms with Crippen LogP contribution in [-0.2, 0) is 16.1 Å². The molecule has 1 unspecified atom stereocenters. The van der Waals surface area contributed by atoms with Crippen LogP contribution >= 0.6 is 0 Å². The third-order valence-corrected chi connectivity index (χ3v) is 4.43. The normalized spacial score (nSPS) is 16.3. The number of piperidine rings is 1. The first-order valence-corrected chi connectivity index (χ1v) is 8.94. The lowest BCUT2D eigenvalue weighted by atomic mass is 10.1. The van der Waals surface area contributed by atoms with Crippen LogP contribution < -0.4 is 0 Å². The highest BCUT2D eigenvalue weighted by molar-refractivity contribution is 5.89. The molecule has 0 saturated carbocycles. The fourth-order valence-electron chi connectivity index (χ4n) is 2.95. The van der Waals surface area contributed by atoms with E-state index < -0.39 is 23.1 Å². The van der Waals surface area contributed by atoms with Crippen LogP contribution in [-0.4, -0.2) is 41.1 Å². The SMILES string of the molecule is O=C(OC1CCCN(C(=O)OCc2ccccc2)C1)c1ccc([N+](=O)[O-])cc1. The first kappa shape index (κ1) is 19.3. The second kappa shape index (κ2) is 8.98. The number of non-ortho nitro benzene ring substituents is 1. The molecule has 8 nitrogen and oxygen atoms in total. The Morgan fingerprint density at radius 1 is 1.11 bits per heavy atom. The lowest BCUT2D eigenvalue weighted by molar-refractivity contribution is -0.384. The molecule has 0 radical (unpaired) electrons. The molecule has 3 rings (SSSR count). The van der Waals surface area contributed by atoms with Crippen LogP contribution in [0.25, 0.3) is 0 Å². The van der Waals surface area contributed by atoms with Gasteiger partial charge < -0.3 is 14.4 Å². The van der Waals surface area contributed by atoms with E-state index in [-0.39, 0.29) is 24.4 Å². The number of benzene rings is 2. The molecule has 0 N–H and O–H groups in total. The number of hydrogen-bond donors (Lipinski definition) is 0. The second-order valence-electron chi connectivity index (χ2n) is 6.46. The molecule has 146 valence electrons. The summed E-state index contributed by atoms with van der Waals surface area (Å²) in [5.74, 6) is -0.570. The van der Waals surface area contributed by atoms with E-state index in [1.54, 1.807) is 0 Å². The van der Waals surface area contributed by atoms with Crippen molar-refractivity contribution in [2.45, 2.75) is 25.6 Å². The van der Waals surface area contributed by atoms with Crippen LogP contribution in [0.3, 0.4) is 0 Å². The van der Waals surface area contributed by atoms with E-state index in [4.69, 9.17) is 9.47 Å². The predicted octanol–water partition coefficient (Wildman–Crippen LogP) is 3.55. The molecule has 1 heterocycles. The molecule has 0 aliphatic carbocycles. The van der Waals surface area contributed by atoms with Crippen molar-refractivity contribution in [3.63, 3.8) is 0 Å². The summed E-state index contributed by atoms with van der Waals surface area (Å²) in [4.78, 5) is 36.2. The molecule has 1 saturated heterocycles. The molecule has 2 aromatic carbocycles. The maximum atomic E-state index is 12.3. The lowest BCUT2D eigenvalue weighted by Gasteiger charge is -2.31. The molecule has 0 spiro atoms. The highest BCUT2D eigenvalue weighted by atomic mass is 16.6. The van der Waals surface area contributed by atoms with E-state index in [0.717, 1.165) is 5.56 Å². The highest BCUT2D eigenvalue weighted by Gasteiger charge is 2.27. The Balaban J connectivity index is 1.51. The molecular weight excluding hydrogens is 364 g/mol. The summed E-state index contributed by atoms with van der Waals surface area (Å²) < 4.78 is 10.8. The number of nitro benzene ring substituents is 1. The zero-order chi connectivity index (χ0) is 19.9. The van der Waals surface area contributed by atoms with Gasteiger partial charge in [-0.1, -0.05) is 30.3 Å². The lowest BCUT2D eigenvalue weighted by Crippen LogP contribution is -2.44. The van der Waals surface area contributed by atoms with Crippen LogP contribution in [0.2, 0.25) is 0 Å². The van der Waals surface area contributed by atoms with Gasteiger partial charge in [0.05, 0.1) is 17.0 Å². The molecule has 0 bridgehead atoms. The summed E-state index contributed by atoms with van der Waals surface area (Å²) in [6, 6.07) is 14.6. The average Bonchev–Trinajstić information content (AvgIpc) is 2.73. The van der Waals surface area contributed by atoms with Gasteiger partial charge in [-0.25, -0.2) is 9.59 Å². The van der Waals surface area contributed by atoms with Crippen molar-refractivity contribution < 1.29 is 24.0 Å². The van der Waals surface area contributed by atoms with Gasteiger partial charge in [0.15, 0.2) is 0 Å². The number of carbonyl (C=O) groups is 2. The summed E-state index contributed by atoms with van der Waals surface area (Å²) in [5, 5.41) is 10.7. The molecule has 1 atom stereocenters. The first-order chi connectivity index (χ1) is 13.5. The fraction of sp³-hybridized carbons (Fsp3) is 0.300. The van der Waals surface area contributed by atoms with Gasteiger partial charge in [-0.15, -0.1) is 0 Å². The first-order valence-electron chi connectivity index (χ1n) is 8.94. The molecule has 1 aliphatic rings. The summed E-state index contributed by atoms with van der Waals surface area (Å²) >= 11 is 0. The molecule has 8 heteroatoms. The monoisotopic (exact) mass is 384 g/mol. The minimum atomic E-state index is -0.570. The molecule has 0 aromatic heterocycles. The van der Waals surface area contributed by atoms with Gasteiger partial charge in [0.1, 0.15) is 12.7 Å². The van der Waals surface area contributed by atoms with E-state index in [0.29, 0.717) is 19.4 Å². The van der Waals surface area contributed by atoms with Crippen LogP contribution in [0.1, 0.15) is 28.8 Å². The minimum Gasteiger partial charge on any atom is -0.457 e. The van der Waals surface area contributed by atoms with Gasteiger partial charge >= 0.3 is 12.1 Å². The Kier molecular flexibility index (Phi) is 6.21. The van der Waals surface area contributed by atoms with Crippen molar-refractivity contribution in [3.8, 4) is 0 Å². The summed E-state index contributed by atoms with van der Waals surface area (Å²) in [6.45, 7) is 0.981. The number of rotatable bonds is 5. The number of amides is 1. The van der Waals surface area contributed by atoms with E-state index in [2.05, 4.69) is 0 Å². The van der Waals surface area contributed by atoms with Crippen molar-refractivity contribution in [3.05, 3.63) is 75.8 Å². The van der Waals surface area contributed by atoms with E-state index in [1.807, 2.05) is 30.3 Å². The van der Waals surface area contributed by atoms with Crippen molar-refractivity contribution in [1.82, 2.24) is 4.90 Å².